The zero-order valence-electron chi connectivity index (χ0n) is 15.0. The summed E-state index contributed by atoms with van der Waals surface area (Å²) in [6.07, 6.45) is 2.32. The number of carbonyl (C=O) groups is 1. The van der Waals surface area contributed by atoms with Crippen LogP contribution in [0.25, 0.3) is 10.9 Å². The maximum atomic E-state index is 12.9. The van der Waals surface area contributed by atoms with Gasteiger partial charge in [0.15, 0.2) is 11.5 Å². The Morgan fingerprint density at radius 2 is 1.89 bits per heavy atom. The smallest absolute Gasteiger partial charge is 0.256 e. The van der Waals surface area contributed by atoms with Crippen LogP contribution in [-0.4, -0.2) is 23.8 Å². The van der Waals surface area contributed by atoms with E-state index < -0.39 is 0 Å². The van der Waals surface area contributed by atoms with E-state index in [9.17, 15) is 9.59 Å². The normalized spacial score (nSPS) is 12.3. The van der Waals surface area contributed by atoms with Crippen molar-refractivity contribution < 1.29 is 14.3 Å². The Bertz CT molecular complexity index is 1060. The van der Waals surface area contributed by atoms with E-state index >= 15 is 0 Å². The van der Waals surface area contributed by atoms with Gasteiger partial charge in [0, 0.05) is 25.4 Å². The molecule has 0 atom stereocenters. The number of nitrogens with zero attached hydrogens (tertiary/aromatic N) is 1. The largest absolute Gasteiger partial charge is 0.454 e. The van der Waals surface area contributed by atoms with Crippen molar-refractivity contribution in [3.63, 3.8) is 0 Å². The summed E-state index contributed by atoms with van der Waals surface area (Å²) in [7, 11) is 0. The van der Waals surface area contributed by atoms with Gasteiger partial charge in [0.25, 0.3) is 5.91 Å². The SMILES string of the molecule is CCn1cc(C(=O)NCCc2ccccc2)c(=O)c2cc3c(cc21)OCO3. The lowest BCUT2D eigenvalue weighted by molar-refractivity contribution is 0.0952. The van der Waals surface area contributed by atoms with Gasteiger partial charge >= 0.3 is 0 Å². The summed E-state index contributed by atoms with van der Waals surface area (Å²) in [4.78, 5) is 25.5. The Morgan fingerprint density at radius 1 is 1.15 bits per heavy atom. The molecule has 138 valence electrons. The third kappa shape index (κ3) is 3.26. The van der Waals surface area contributed by atoms with Crippen molar-refractivity contribution in [2.75, 3.05) is 13.3 Å². The monoisotopic (exact) mass is 364 g/mol. The predicted molar refractivity (Wildman–Crippen MR) is 102 cm³/mol. The Labute approximate surface area is 156 Å². The van der Waals surface area contributed by atoms with E-state index in [-0.39, 0.29) is 23.7 Å². The van der Waals surface area contributed by atoms with Crippen LogP contribution in [0.2, 0.25) is 0 Å². The zero-order valence-corrected chi connectivity index (χ0v) is 15.0. The summed E-state index contributed by atoms with van der Waals surface area (Å²) in [6, 6.07) is 13.3. The molecule has 1 aliphatic heterocycles. The van der Waals surface area contributed by atoms with Gasteiger partial charge in [-0.15, -0.1) is 0 Å². The second-order valence-corrected chi connectivity index (χ2v) is 6.37. The molecule has 3 aromatic rings. The minimum absolute atomic E-state index is 0.135. The number of hydrogen-bond donors (Lipinski definition) is 1. The van der Waals surface area contributed by atoms with Crippen molar-refractivity contribution in [3.8, 4) is 11.5 Å². The molecule has 0 fully saturated rings. The number of aromatic nitrogens is 1. The van der Waals surface area contributed by atoms with E-state index in [1.165, 1.54) is 0 Å². The van der Waals surface area contributed by atoms with Gasteiger partial charge in [0.1, 0.15) is 5.56 Å². The van der Waals surface area contributed by atoms with Gasteiger partial charge in [-0.25, -0.2) is 0 Å². The van der Waals surface area contributed by atoms with Crippen LogP contribution >= 0.6 is 0 Å². The van der Waals surface area contributed by atoms with Crippen molar-refractivity contribution in [3.05, 3.63) is 70.0 Å². The van der Waals surface area contributed by atoms with Gasteiger partial charge in [0.2, 0.25) is 12.2 Å². The fourth-order valence-corrected chi connectivity index (χ4v) is 3.26. The van der Waals surface area contributed by atoms with Crippen molar-refractivity contribution in [1.29, 1.82) is 0 Å². The quantitative estimate of drug-likeness (QED) is 0.756. The molecule has 0 saturated heterocycles. The van der Waals surface area contributed by atoms with E-state index in [2.05, 4.69) is 5.32 Å². The van der Waals surface area contributed by atoms with Crippen LogP contribution in [0.15, 0.2) is 53.5 Å². The molecule has 4 rings (SSSR count). The van der Waals surface area contributed by atoms with Crippen LogP contribution in [0.5, 0.6) is 11.5 Å². The predicted octanol–water partition coefficient (Wildman–Crippen LogP) is 2.72. The summed E-state index contributed by atoms with van der Waals surface area (Å²) in [5, 5.41) is 3.30. The number of hydrogen-bond acceptors (Lipinski definition) is 4. The lowest BCUT2D eigenvalue weighted by Gasteiger charge is -2.12. The molecule has 0 saturated carbocycles. The summed E-state index contributed by atoms with van der Waals surface area (Å²) in [6.45, 7) is 3.19. The number of nitrogens with one attached hydrogen (secondary N) is 1. The highest BCUT2D eigenvalue weighted by Crippen LogP contribution is 2.35. The molecule has 2 aromatic carbocycles. The standard InChI is InChI=1S/C21H20N2O4/c1-2-23-12-16(21(25)22-9-8-14-6-4-3-5-7-14)20(24)15-10-18-19(11-17(15)23)27-13-26-18/h3-7,10-12H,2,8-9,13H2,1H3,(H,22,25). The van der Waals surface area contributed by atoms with E-state index in [4.69, 9.17) is 9.47 Å². The van der Waals surface area contributed by atoms with Gasteiger partial charge in [0.05, 0.1) is 10.9 Å². The summed E-state index contributed by atoms with van der Waals surface area (Å²) >= 11 is 0. The first-order valence-electron chi connectivity index (χ1n) is 8.96. The Morgan fingerprint density at radius 3 is 2.63 bits per heavy atom. The fraction of sp³-hybridized carbons (Fsp3) is 0.238. The number of carbonyl (C=O) groups excluding carboxylic acids is 1. The first-order chi connectivity index (χ1) is 13.2. The fourth-order valence-electron chi connectivity index (χ4n) is 3.26. The molecule has 2 heterocycles. The lowest BCUT2D eigenvalue weighted by Crippen LogP contribution is -2.31. The number of ether oxygens (including phenoxy) is 2. The molecular weight excluding hydrogens is 344 g/mol. The van der Waals surface area contributed by atoms with Gasteiger partial charge in [-0.1, -0.05) is 30.3 Å². The van der Waals surface area contributed by atoms with Crippen molar-refractivity contribution in [2.45, 2.75) is 19.9 Å². The third-order valence-corrected chi connectivity index (χ3v) is 4.70. The van der Waals surface area contributed by atoms with Crippen LogP contribution in [0.1, 0.15) is 22.8 Å². The van der Waals surface area contributed by atoms with Crippen LogP contribution in [0.4, 0.5) is 0 Å². The summed E-state index contributed by atoms with van der Waals surface area (Å²) < 4.78 is 12.7. The molecule has 6 heteroatoms. The molecule has 0 radical (unpaired) electrons. The van der Waals surface area contributed by atoms with E-state index in [0.717, 1.165) is 11.1 Å². The number of aryl methyl sites for hydroxylation is 1. The van der Waals surface area contributed by atoms with Crippen LogP contribution < -0.4 is 20.2 Å². The molecule has 0 spiro atoms. The number of fused-ring (bicyclic) bond motifs is 2. The van der Waals surface area contributed by atoms with Gasteiger partial charge in [-0.2, -0.15) is 0 Å². The maximum absolute atomic E-state index is 12.9. The van der Waals surface area contributed by atoms with E-state index in [1.807, 2.05) is 41.8 Å². The van der Waals surface area contributed by atoms with E-state index in [0.29, 0.717) is 36.4 Å². The number of amides is 1. The van der Waals surface area contributed by atoms with Crippen molar-refractivity contribution in [1.82, 2.24) is 9.88 Å². The number of rotatable bonds is 5. The number of pyridine rings is 1. The van der Waals surface area contributed by atoms with Gasteiger partial charge in [-0.3, -0.25) is 9.59 Å². The lowest BCUT2D eigenvalue weighted by atomic mass is 10.1. The number of benzene rings is 2. The third-order valence-electron chi connectivity index (χ3n) is 4.70. The maximum Gasteiger partial charge on any atom is 0.256 e. The molecular formula is C21H20N2O4. The Balaban J connectivity index is 1.63. The molecule has 1 aliphatic rings. The second-order valence-electron chi connectivity index (χ2n) is 6.37. The van der Waals surface area contributed by atoms with Crippen LogP contribution in [0, 0.1) is 0 Å². The molecule has 1 amide bonds. The molecule has 27 heavy (non-hydrogen) atoms. The Hall–Kier alpha value is -3.28. The van der Waals surface area contributed by atoms with Gasteiger partial charge < -0.3 is 19.4 Å². The second kappa shape index (κ2) is 7.15. The minimum atomic E-state index is -0.363. The van der Waals surface area contributed by atoms with Gasteiger partial charge in [-0.05, 0) is 25.0 Å². The van der Waals surface area contributed by atoms with E-state index in [1.54, 1.807) is 18.3 Å². The molecule has 0 aliphatic carbocycles. The average Bonchev–Trinajstić information content (AvgIpc) is 3.15. The van der Waals surface area contributed by atoms with Crippen molar-refractivity contribution in [2.24, 2.45) is 0 Å². The van der Waals surface area contributed by atoms with Crippen LogP contribution in [0.3, 0.4) is 0 Å². The molecule has 1 aromatic heterocycles. The molecule has 0 bridgehead atoms. The molecule has 0 unspecified atom stereocenters. The highest BCUT2D eigenvalue weighted by Gasteiger charge is 2.20. The molecule has 6 nitrogen and oxygen atoms in total. The Kier molecular flexibility index (Phi) is 4.54. The summed E-state index contributed by atoms with van der Waals surface area (Å²) in [5.41, 5.74) is 1.70. The topological polar surface area (TPSA) is 69.6 Å². The minimum Gasteiger partial charge on any atom is -0.454 e. The molecule has 1 N–H and O–H groups in total. The van der Waals surface area contributed by atoms with Crippen LogP contribution in [-0.2, 0) is 13.0 Å². The summed E-state index contributed by atoms with van der Waals surface area (Å²) in [5.74, 6) is 0.783. The first kappa shape index (κ1) is 17.1. The van der Waals surface area contributed by atoms with Crippen molar-refractivity contribution >= 4 is 16.8 Å². The highest BCUT2D eigenvalue weighted by molar-refractivity contribution is 5.97. The zero-order chi connectivity index (χ0) is 18.8. The highest BCUT2D eigenvalue weighted by atomic mass is 16.7. The first-order valence-corrected chi connectivity index (χ1v) is 8.96. The average molecular weight is 364 g/mol.